The quantitative estimate of drug-likeness (QED) is 0.0344. The zero-order chi connectivity index (χ0) is 33.7. The summed E-state index contributed by atoms with van der Waals surface area (Å²) in [5, 5.41) is 0. The van der Waals surface area contributed by atoms with Crippen molar-refractivity contribution in [3.8, 4) is 0 Å². The molecule has 0 fully saturated rings. The monoisotopic (exact) mass is 801 g/mol. The minimum Gasteiger partial charge on any atom is -1.00 e. The zero-order valence-electron chi connectivity index (χ0n) is 34.4. The number of halogens is 2. The third-order valence-corrected chi connectivity index (χ3v) is 10.6. The summed E-state index contributed by atoms with van der Waals surface area (Å²) in [5.41, 5.74) is 0. The number of hydrogen-bond donors (Lipinski definition) is 0. The molecule has 0 aromatic carbocycles. The van der Waals surface area contributed by atoms with Gasteiger partial charge < -0.3 is 45.3 Å². The van der Waals surface area contributed by atoms with Gasteiger partial charge in [-0.1, -0.05) is 169 Å². The van der Waals surface area contributed by atoms with Crippen molar-refractivity contribution in [1.29, 1.82) is 0 Å². The van der Waals surface area contributed by atoms with Crippen molar-refractivity contribution in [3.63, 3.8) is 0 Å². The molecule has 2 nitrogen and oxygen atoms in total. The third-order valence-electron chi connectivity index (χ3n) is 10.6. The Bertz CT molecular complexity index is 502. The molecule has 0 aromatic heterocycles. The Morgan fingerprint density at radius 2 is 0.468 bits per heavy atom. The van der Waals surface area contributed by atoms with E-state index in [-0.39, 0.29) is 36.4 Å². The summed E-state index contributed by atoms with van der Waals surface area (Å²) >= 11 is 0. The van der Waals surface area contributed by atoms with Gasteiger partial charge >= 0.3 is 0 Å². The average molecular weight is 802 g/mol. The Morgan fingerprint density at radius 3 is 0.681 bits per heavy atom. The van der Waals surface area contributed by atoms with Crippen molar-refractivity contribution in [2.75, 3.05) is 53.9 Å². The summed E-state index contributed by atoms with van der Waals surface area (Å²) in [4.78, 5) is 0. The fourth-order valence-electron chi connectivity index (χ4n) is 6.79. The number of nitrogens with zero attached hydrogens (tertiary/aromatic N) is 2. The zero-order valence-corrected chi connectivity index (χ0v) is 37.3. The highest BCUT2D eigenvalue weighted by Crippen LogP contribution is 2.15. The van der Waals surface area contributed by atoms with Crippen molar-refractivity contribution in [2.24, 2.45) is 0 Å². The van der Waals surface area contributed by atoms with E-state index in [0.29, 0.717) is 0 Å². The van der Waals surface area contributed by atoms with Gasteiger partial charge in [0, 0.05) is 0 Å². The van der Waals surface area contributed by atoms with E-state index in [1.165, 1.54) is 234 Å². The molecular formula is C43H94ClIN2. The molecule has 0 amide bonds. The molecule has 0 aliphatic rings. The average Bonchev–Trinajstić information content (AvgIpc) is 3.03. The highest BCUT2D eigenvalue weighted by molar-refractivity contribution is 4.50. The second kappa shape index (κ2) is 43.1. The van der Waals surface area contributed by atoms with Gasteiger partial charge in [0.15, 0.2) is 0 Å². The molecule has 0 bridgehead atoms. The van der Waals surface area contributed by atoms with Gasteiger partial charge in [0.2, 0.25) is 0 Å². The first-order chi connectivity index (χ1) is 21.8. The molecule has 4 heteroatoms. The van der Waals surface area contributed by atoms with Gasteiger partial charge in [0.1, 0.15) is 0 Å². The van der Waals surface area contributed by atoms with E-state index >= 15 is 0 Å². The summed E-state index contributed by atoms with van der Waals surface area (Å²) in [6.07, 6.45) is 43.2. The lowest BCUT2D eigenvalue weighted by Crippen LogP contribution is -3.00. The predicted molar refractivity (Wildman–Crippen MR) is 210 cm³/mol. The minimum absolute atomic E-state index is 0. The second-order valence-corrected chi connectivity index (χ2v) is 16.0. The van der Waals surface area contributed by atoms with E-state index in [1.54, 1.807) is 0 Å². The molecule has 0 saturated carbocycles. The van der Waals surface area contributed by atoms with E-state index in [1.807, 2.05) is 0 Å². The van der Waals surface area contributed by atoms with E-state index in [9.17, 15) is 0 Å². The lowest BCUT2D eigenvalue weighted by molar-refractivity contribution is -0.908. The van der Waals surface area contributed by atoms with Crippen molar-refractivity contribution in [3.05, 3.63) is 0 Å². The van der Waals surface area contributed by atoms with Crippen molar-refractivity contribution in [2.45, 2.75) is 227 Å². The van der Waals surface area contributed by atoms with Crippen LogP contribution in [0.4, 0.5) is 0 Å². The summed E-state index contributed by atoms with van der Waals surface area (Å²) in [6.45, 7) is 18.5. The van der Waals surface area contributed by atoms with Crippen LogP contribution in [-0.2, 0) is 0 Å². The highest BCUT2D eigenvalue weighted by atomic mass is 127. The van der Waals surface area contributed by atoms with Crippen LogP contribution < -0.4 is 36.4 Å². The topological polar surface area (TPSA) is 0 Å². The van der Waals surface area contributed by atoms with E-state index < -0.39 is 0 Å². The fourth-order valence-corrected chi connectivity index (χ4v) is 6.79. The van der Waals surface area contributed by atoms with E-state index in [4.69, 9.17) is 0 Å². The van der Waals surface area contributed by atoms with Gasteiger partial charge in [-0.2, -0.15) is 0 Å². The van der Waals surface area contributed by atoms with Crippen LogP contribution in [0, 0.1) is 0 Å². The van der Waals surface area contributed by atoms with Gasteiger partial charge in [-0.15, -0.1) is 0 Å². The fraction of sp³-hybridized carbons (Fsp3) is 1.00. The highest BCUT2D eigenvalue weighted by Gasteiger charge is 2.17. The molecule has 0 aliphatic carbocycles. The molecule has 290 valence electrons. The lowest BCUT2D eigenvalue weighted by atomic mass is 10.1. The lowest BCUT2D eigenvalue weighted by Gasteiger charge is -2.33. The van der Waals surface area contributed by atoms with Crippen molar-refractivity contribution < 1.29 is 45.3 Å². The molecule has 0 heterocycles. The normalized spacial score (nSPS) is 11.5. The van der Waals surface area contributed by atoms with Crippen molar-refractivity contribution >= 4 is 0 Å². The number of quaternary nitrogens is 2. The summed E-state index contributed by atoms with van der Waals surface area (Å²) < 4.78 is 2.55. The first kappa shape index (κ1) is 54.7. The Kier molecular flexibility index (Phi) is 50.2. The van der Waals surface area contributed by atoms with Crippen LogP contribution in [0.2, 0.25) is 0 Å². The molecule has 0 N–H and O–H groups in total. The Hall–Kier alpha value is 0.940. The summed E-state index contributed by atoms with van der Waals surface area (Å²) in [7, 11) is 7.35. The van der Waals surface area contributed by atoms with Gasteiger partial charge in [-0.05, 0) is 58.3 Å². The first-order valence-electron chi connectivity index (χ1n) is 21.5. The SMILES string of the molecule is CCCCCCCCCC[N+](C)(C)CCCCCCCCCC.CCCCCCCCC[N+](C)(CC)CCCCCCCCC.[Cl-].[I-]. The Labute approximate surface area is 324 Å². The van der Waals surface area contributed by atoms with Crippen molar-refractivity contribution in [1.82, 2.24) is 0 Å². The van der Waals surface area contributed by atoms with Gasteiger partial charge in [0.05, 0.1) is 53.9 Å². The molecule has 47 heavy (non-hydrogen) atoms. The summed E-state index contributed by atoms with van der Waals surface area (Å²) in [6, 6.07) is 0. The molecule has 0 rings (SSSR count). The maximum atomic E-state index is 2.48. The third kappa shape index (κ3) is 44.9. The van der Waals surface area contributed by atoms with Gasteiger partial charge in [-0.3, -0.25) is 0 Å². The van der Waals surface area contributed by atoms with E-state index in [2.05, 4.69) is 55.8 Å². The van der Waals surface area contributed by atoms with Crippen LogP contribution in [0.15, 0.2) is 0 Å². The van der Waals surface area contributed by atoms with Crippen LogP contribution in [0.1, 0.15) is 227 Å². The molecule has 0 aromatic rings. The molecular weight excluding hydrogens is 707 g/mol. The summed E-state index contributed by atoms with van der Waals surface area (Å²) in [5.74, 6) is 0. The standard InChI is InChI=1S/C22H48N.C21H46N.ClH.HI/c1-5-7-9-11-13-15-17-19-21-23(3,4)22-20-18-16-14-12-10-8-6-2;1-5-8-10-12-14-16-18-20-22(4,7-3)21-19-17-15-13-11-9-6-2;;/h5-22H2,1-4H3;5-21H2,1-4H3;2*1H/q2*+1;;/p-2. The Balaban J connectivity index is -0.000000378. The molecule has 0 radical (unpaired) electrons. The Morgan fingerprint density at radius 1 is 0.277 bits per heavy atom. The maximum absolute atomic E-state index is 2.48. The number of unbranched alkanes of at least 4 members (excludes halogenated alkanes) is 26. The molecule has 0 aliphatic heterocycles. The second-order valence-electron chi connectivity index (χ2n) is 16.0. The van der Waals surface area contributed by atoms with Crippen LogP contribution in [0.25, 0.3) is 0 Å². The van der Waals surface area contributed by atoms with Gasteiger partial charge in [-0.25, -0.2) is 0 Å². The molecule has 0 unspecified atom stereocenters. The first-order valence-corrected chi connectivity index (χ1v) is 21.5. The molecule has 0 spiro atoms. The van der Waals surface area contributed by atoms with Crippen LogP contribution in [0.3, 0.4) is 0 Å². The smallest absolute Gasteiger partial charge is 0.0784 e. The minimum atomic E-state index is 0. The molecule has 0 atom stereocenters. The largest absolute Gasteiger partial charge is 1.00 e. The van der Waals surface area contributed by atoms with Crippen LogP contribution >= 0.6 is 0 Å². The maximum Gasteiger partial charge on any atom is 0.0784 e. The van der Waals surface area contributed by atoms with Gasteiger partial charge in [0.25, 0.3) is 0 Å². The van der Waals surface area contributed by atoms with Crippen LogP contribution in [0.5, 0.6) is 0 Å². The predicted octanol–water partition coefficient (Wildman–Crippen LogP) is 8.31. The van der Waals surface area contributed by atoms with Crippen LogP contribution in [-0.4, -0.2) is 62.8 Å². The number of hydrogen-bond acceptors (Lipinski definition) is 0. The molecule has 0 saturated heterocycles. The number of rotatable bonds is 35. The van der Waals surface area contributed by atoms with E-state index in [0.717, 1.165) is 0 Å².